The van der Waals surface area contributed by atoms with Crippen LogP contribution in [0.2, 0.25) is 0 Å². The van der Waals surface area contributed by atoms with Gasteiger partial charge in [-0.25, -0.2) is 0 Å². The van der Waals surface area contributed by atoms with E-state index >= 15 is 0 Å². The zero-order valence-corrected chi connectivity index (χ0v) is 15.6. The van der Waals surface area contributed by atoms with Crippen LogP contribution in [0.5, 0.6) is 0 Å². The molecule has 2 amide bonds. The van der Waals surface area contributed by atoms with Crippen molar-refractivity contribution in [1.82, 2.24) is 14.8 Å². The van der Waals surface area contributed by atoms with E-state index in [1.54, 1.807) is 0 Å². The molecule has 1 N–H and O–H groups in total. The highest BCUT2D eigenvalue weighted by Crippen LogP contribution is 2.19. The molecule has 2 heterocycles. The Bertz CT molecular complexity index is 729. The zero-order chi connectivity index (χ0) is 18.5. The van der Waals surface area contributed by atoms with Crippen molar-refractivity contribution in [2.75, 3.05) is 26.2 Å². The Morgan fingerprint density at radius 2 is 1.69 bits per heavy atom. The molecule has 26 heavy (non-hydrogen) atoms. The number of aromatic amines is 1. The molecular formula is C21H27N3O2. The second-order valence-corrected chi connectivity index (χ2v) is 6.98. The predicted molar refractivity (Wildman–Crippen MR) is 102 cm³/mol. The molecule has 1 aromatic heterocycles. The monoisotopic (exact) mass is 353 g/mol. The number of aromatic nitrogens is 1. The average Bonchev–Trinajstić information content (AvgIpc) is 3.20. The molecule has 0 saturated carbocycles. The minimum absolute atomic E-state index is 0.0529. The molecule has 5 heteroatoms. The van der Waals surface area contributed by atoms with Crippen molar-refractivity contribution < 1.29 is 9.59 Å². The summed E-state index contributed by atoms with van der Waals surface area (Å²) in [7, 11) is 0. The van der Waals surface area contributed by atoms with Gasteiger partial charge in [0.05, 0.1) is 6.42 Å². The van der Waals surface area contributed by atoms with Crippen LogP contribution < -0.4 is 0 Å². The van der Waals surface area contributed by atoms with Gasteiger partial charge in [0.1, 0.15) is 0 Å². The Morgan fingerprint density at radius 1 is 1.04 bits per heavy atom. The lowest BCUT2D eigenvalue weighted by Gasteiger charge is -2.35. The van der Waals surface area contributed by atoms with Crippen molar-refractivity contribution in [3.05, 3.63) is 59.4 Å². The van der Waals surface area contributed by atoms with E-state index in [1.807, 2.05) is 40.3 Å². The van der Waals surface area contributed by atoms with Gasteiger partial charge in [0, 0.05) is 43.6 Å². The lowest BCUT2D eigenvalue weighted by Crippen LogP contribution is -2.51. The van der Waals surface area contributed by atoms with Crippen LogP contribution in [0.1, 0.15) is 47.8 Å². The number of H-pyrrole nitrogens is 1. The van der Waals surface area contributed by atoms with E-state index in [0.717, 1.165) is 17.7 Å². The van der Waals surface area contributed by atoms with Gasteiger partial charge in [0.15, 0.2) is 0 Å². The summed E-state index contributed by atoms with van der Waals surface area (Å²) in [6, 6.07) is 11.8. The average molecular weight is 353 g/mol. The number of hydrogen-bond donors (Lipinski definition) is 1. The fraction of sp³-hybridized carbons (Fsp3) is 0.429. The van der Waals surface area contributed by atoms with Crippen LogP contribution in [0.3, 0.4) is 0 Å². The first-order valence-electron chi connectivity index (χ1n) is 9.37. The van der Waals surface area contributed by atoms with Crippen LogP contribution in [0.4, 0.5) is 0 Å². The van der Waals surface area contributed by atoms with Crippen LogP contribution in [0, 0.1) is 0 Å². The van der Waals surface area contributed by atoms with Crippen LogP contribution in [0.15, 0.2) is 42.6 Å². The van der Waals surface area contributed by atoms with Gasteiger partial charge in [-0.1, -0.05) is 26.0 Å². The normalized spacial score (nSPS) is 15.8. The van der Waals surface area contributed by atoms with E-state index in [4.69, 9.17) is 0 Å². The molecule has 1 aromatic carbocycles. The SMILES string of the molecule is CCC(C)c1ccc(C(=O)N2CCN(C(=O)Cc3ccc[nH]3)CC2)cc1. The molecule has 0 spiro atoms. The van der Waals surface area contributed by atoms with Gasteiger partial charge < -0.3 is 14.8 Å². The summed E-state index contributed by atoms with van der Waals surface area (Å²) < 4.78 is 0. The maximum Gasteiger partial charge on any atom is 0.253 e. The number of hydrogen-bond acceptors (Lipinski definition) is 2. The Balaban J connectivity index is 1.54. The summed E-state index contributed by atoms with van der Waals surface area (Å²) in [4.78, 5) is 31.8. The Labute approximate surface area is 155 Å². The second kappa shape index (κ2) is 8.21. The third-order valence-corrected chi connectivity index (χ3v) is 5.26. The highest BCUT2D eigenvalue weighted by atomic mass is 16.2. The van der Waals surface area contributed by atoms with Gasteiger partial charge >= 0.3 is 0 Å². The molecular weight excluding hydrogens is 326 g/mol. The van der Waals surface area contributed by atoms with Crippen molar-refractivity contribution in [3.63, 3.8) is 0 Å². The van der Waals surface area contributed by atoms with Gasteiger partial charge in [0.2, 0.25) is 5.91 Å². The lowest BCUT2D eigenvalue weighted by atomic mass is 9.97. The first-order chi connectivity index (χ1) is 12.6. The summed E-state index contributed by atoms with van der Waals surface area (Å²) in [6.07, 6.45) is 3.30. The molecule has 0 bridgehead atoms. The number of rotatable bonds is 5. The highest BCUT2D eigenvalue weighted by Gasteiger charge is 2.25. The zero-order valence-electron chi connectivity index (χ0n) is 15.6. The standard InChI is InChI=1S/C21H27N3O2/c1-3-16(2)17-6-8-18(9-7-17)21(26)24-13-11-23(12-14-24)20(25)15-19-5-4-10-22-19/h4-10,16,22H,3,11-15H2,1-2H3. The highest BCUT2D eigenvalue weighted by molar-refractivity contribution is 5.94. The van der Waals surface area contributed by atoms with E-state index in [2.05, 4.69) is 31.0 Å². The number of nitrogens with one attached hydrogen (secondary N) is 1. The molecule has 0 aliphatic carbocycles. The molecule has 1 aliphatic rings. The number of benzene rings is 1. The molecule has 1 aliphatic heterocycles. The number of carbonyl (C=O) groups is 2. The van der Waals surface area contributed by atoms with Crippen molar-refractivity contribution in [3.8, 4) is 0 Å². The van der Waals surface area contributed by atoms with E-state index in [0.29, 0.717) is 38.5 Å². The summed E-state index contributed by atoms with van der Waals surface area (Å²) in [5.41, 5.74) is 2.92. The van der Waals surface area contributed by atoms with Gasteiger partial charge in [-0.3, -0.25) is 9.59 Å². The Hall–Kier alpha value is -2.56. The summed E-state index contributed by atoms with van der Waals surface area (Å²) >= 11 is 0. The van der Waals surface area contributed by atoms with E-state index < -0.39 is 0 Å². The van der Waals surface area contributed by atoms with Crippen LogP contribution >= 0.6 is 0 Å². The molecule has 1 unspecified atom stereocenters. The third-order valence-electron chi connectivity index (χ3n) is 5.26. The van der Waals surface area contributed by atoms with Gasteiger partial charge in [-0.15, -0.1) is 0 Å². The van der Waals surface area contributed by atoms with Gasteiger partial charge in [-0.2, -0.15) is 0 Å². The third kappa shape index (κ3) is 4.15. The molecule has 1 atom stereocenters. The first-order valence-corrected chi connectivity index (χ1v) is 9.37. The number of amides is 2. The van der Waals surface area contributed by atoms with Crippen LogP contribution in [-0.2, 0) is 11.2 Å². The smallest absolute Gasteiger partial charge is 0.253 e. The van der Waals surface area contributed by atoms with Gasteiger partial charge in [-0.05, 0) is 42.2 Å². The molecule has 2 aromatic rings. The summed E-state index contributed by atoms with van der Waals surface area (Å²) in [5.74, 6) is 0.669. The Kier molecular flexibility index (Phi) is 5.76. The van der Waals surface area contributed by atoms with Crippen molar-refractivity contribution in [2.45, 2.75) is 32.6 Å². The topological polar surface area (TPSA) is 56.4 Å². The number of piperazine rings is 1. The largest absolute Gasteiger partial charge is 0.365 e. The minimum atomic E-state index is 0.0529. The van der Waals surface area contributed by atoms with Crippen molar-refractivity contribution >= 4 is 11.8 Å². The van der Waals surface area contributed by atoms with E-state index in [9.17, 15) is 9.59 Å². The molecule has 1 saturated heterocycles. The molecule has 3 rings (SSSR count). The quantitative estimate of drug-likeness (QED) is 0.898. The Morgan fingerprint density at radius 3 is 2.27 bits per heavy atom. The predicted octanol–water partition coefficient (Wildman–Crippen LogP) is 3.06. The van der Waals surface area contributed by atoms with Crippen LogP contribution in [-0.4, -0.2) is 52.8 Å². The minimum Gasteiger partial charge on any atom is -0.365 e. The molecule has 138 valence electrons. The molecule has 5 nitrogen and oxygen atoms in total. The van der Waals surface area contributed by atoms with E-state index in [-0.39, 0.29) is 11.8 Å². The fourth-order valence-corrected chi connectivity index (χ4v) is 3.28. The maximum atomic E-state index is 12.7. The summed E-state index contributed by atoms with van der Waals surface area (Å²) in [5, 5.41) is 0. The maximum absolute atomic E-state index is 12.7. The number of nitrogens with zero attached hydrogens (tertiary/aromatic N) is 2. The molecule has 1 fully saturated rings. The van der Waals surface area contributed by atoms with Crippen LogP contribution in [0.25, 0.3) is 0 Å². The number of carbonyl (C=O) groups excluding carboxylic acids is 2. The first kappa shape index (κ1) is 18.2. The fourth-order valence-electron chi connectivity index (χ4n) is 3.28. The lowest BCUT2D eigenvalue weighted by molar-refractivity contribution is -0.132. The summed E-state index contributed by atoms with van der Waals surface area (Å²) in [6.45, 7) is 6.72. The van der Waals surface area contributed by atoms with Crippen molar-refractivity contribution in [1.29, 1.82) is 0 Å². The van der Waals surface area contributed by atoms with Gasteiger partial charge in [0.25, 0.3) is 5.91 Å². The van der Waals surface area contributed by atoms with Crippen molar-refractivity contribution in [2.24, 2.45) is 0 Å². The molecule has 0 radical (unpaired) electrons. The second-order valence-electron chi connectivity index (χ2n) is 6.98. The van der Waals surface area contributed by atoms with E-state index in [1.165, 1.54) is 5.56 Å².